The Labute approximate surface area is 135 Å². The summed E-state index contributed by atoms with van der Waals surface area (Å²) in [6, 6.07) is 2.76. The van der Waals surface area contributed by atoms with Gasteiger partial charge in [-0.1, -0.05) is 0 Å². The number of pyridine rings is 1. The second kappa shape index (κ2) is 5.95. The Morgan fingerprint density at radius 2 is 2.00 bits per heavy atom. The van der Waals surface area contributed by atoms with Crippen molar-refractivity contribution in [3.05, 3.63) is 23.9 Å². The molecule has 0 unspecified atom stereocenters. The zero-order valence-electron chi connectivity index (χ0n) is 12.6. The lowest BCUT2D eigenvalue weighted by Crippen LogP contribution is -2.35. The molecule has 1 aliphatic heterocycles. The van der Waals surface area contributed by atoms with Crippen molar-refractivity contribution in [2.24, 2.45) is 11.8 Å². The minimum absolute atomic E-state index is 0.256. The SMILES string of the molecule is O=C(O)[C@@H]1CN(C(=O)Nc2cc(C3CC3)ccn2)C[C@H]1C(F)(F)F. The Kier molecular flexibility index (Phi) is 4.10. The normalized spacial score (nSPS) is 24.0. The molecule has 0 radical (unpaired) electrons. The first-order valence-electron chi connectivity index (χ1n) is 7.57. The number of aliphatic carboxylic acids is 1. The van der Waals surface area contributed by atoms with Gasteiger partial charge in [0, 0.05) is 19.3 Å². The predicted molar refractivity (Wildman–Crippen MR) is 77.5 cm³/mol. The second-order valence-electron chi connectivity index (χ2n) is 6.18. The number of hydrogen-bond acceptors (Lipinski definition) is 3. The number of nitrogens with zero attached hydrogens (tertiary/aromatic N) is 2. The summed E-state index contributed by atoms with van der Waals surface area (Å²) in [7, 11) is 0. The Balaban J connectivity index is 1.69. The van der Waals surface area contributed by atoms with Gasteiger partial charge in [0.15, 0.2) is 0 Å². The van der Waals surface area contributed by atoms with Gasteiger partial charge in [0.25, 0.3) is 0 Å². The molecule has 1 aromatic rings. The number of anilines is 1. The summed E-state index contributed by atoms with van der Waals surface area (Å²) in [5.74, 6) is -4.57. The number of likely N-dealkylation sites (tertiary alicyclic amines) is 1. The van der Waals surface area contributed by atoms with Crippen molar-refractivity contribution in [1.29, 1.82) is 0 Å². The molecule has 2 fully saturated rings. The van der Waals surface area contributed by atoms with Gasteiger partial charge in [-0.05, 0) is 36.5 Å². The summed E-state index contributed by atoms with van der Waals surface area (Å²) in [6.45, 7) is -1.15. The smallest absolute Gasteiger partial charge is 0.394 e. The summed E-state index contributed by atoms with van der Waals surface area (Å²) in [5, 5.41) is 11.4. The molecule has 6 nitrogen and oxygen atoms in total. The van der Waals surface area contributed by atoms with E-state index in [4.69, 9.17) is 5.11 Å². The number of carboxylic acids is 1. The maximum Gasteiger partial charge on any atom is 0.394 e. The van der Waals surface area contributed by atoms with Gasteiger partial charge in [-0.3, -0.25) is 10.1 Å². The van der Waals surface area contributed by atoms with Gasteiger partial charge >= 0.3 is 18.2 Å². The zero-order valence-corrected chi connectivity index (χ0v) is 12.6. The fourth-order valence-electron chi connectivity index (χ4n) is 2.93. The lowest BCUT2D eigenvalue weighted by molar-refractivity contribution is -0.187. The van der Waals surface area contributed by atoms with Crippen LogP contribution in [-0.4, -0.2) is 46.3 Å². The van der Waals surface area contributed by atoms with Crippen molar-refractivity contribution in [2.75, 3.05) is 18.4 Å². The van der Waals surface area contributed by atoms with Gasteiger partial charge in [-0.25, -0.2) is 9.78 Å². The van der Waals surface area contributed by atoms with Crippen LogP contribution >= 0.6 is 0 Å². The van der Waals surface area contributed by atoms with Crippen LogP contribution in [0.4, 0.5) is 23.8 Å². The molecule has 0 bridgehead atoms. The average Bonchev–Trinajstić information content (AvgIpc) is 3.23. The third kappa shape index (κ3) is 3.44. The van der Waals surface area contributed by atoms with E-state index in [1.165, 1.54) is 6.20 Å². The molecule has 1 aliphatic carbocycles. The lowest BCUT2D eigenvalue weighted by Gasteiger charge is -2.18. The fourth-order valence-corrected chi connectivity index (χ4v) is 2.93. The van der Waals surface area contributed by atoms with Gasteiger partial charge in [-0.2, -0.15) is 13.2 Å². The fraction of sp³-hybridized carbons (Fsp3) is 0.533. The highest BCUT2D eigenvalue weighted by atomic mass is 19.4. The quantitative estimate of drug-likeness (QED) is 0.884. The molecule has 2 N–H and O–H groups in total. The van der Waals surface area contributed by atoms with E-state index in [0.717, 1.165) is 23.3 Å². The molecule has 3 rings (SSSR count). The molecular formula is C15H16F3N3O3. The van der Waals surface area contributed by atoms with Crippen LogP contribution in [0.3, 0.4) is 0 Å². The van der Waals surface area contributed by atoms with E-state index in [9.17, 15) is 22.8 Å². The van der Waals surface area contributed by atoms with E-state index in [2.05, 4.69) is 10.3 Å². The van der Waals surface area contributed by atoms with Crippen molar-refractivity contribution in [3.8, 4) is 0 Å². The number of halogens is 3. The Hall–Kier alpha value is -2.32. The monoisotopic (exact) mass is 343 g/mol. The molecule has 1 saturated carbocycles. The van der Waals surface area contributed by atoms with Crippen LogP contribution in [0.2, 0.25) is 0 Å². The molecule has 2 heterocycles. The van der Waals surface area contributed by atoms with E-state index < -0.39 is 43.1 Å². The van der Waals surface area contributed by atoms with Gasteiger partial charge in [0.2, 0.25) is 0 Å². The molecule has 9 heteroatoms. The third-order valence-electron chi connectivity index (χ3n) is 4.41. The van der Waals surface area contributed by atoms with Gasteiger partial charge in [0.05, 0.1) is 11.8 Å². The first-order chi connectivity index (χ1) is 11.3. The van der Waals surface area contributed by atoms with Crippen LogP contribution in [0.1, 0.15) is 24.3 Å². The van der Waals surface area contributed by atoms with E-state index in [1.54, 1.807) is 6.07 Å². The minimum Gasteiger partial charge on any atom is -0.481 e. The van der Waals surface area contributed by atoms with Crippen LogP contribution in [0.5, 0.6) is 0 Å². The number of aromatic nitrogens is 1. The summed E-state index contributed by atoms with van der Waals surface area (Å²) in [5.41, 5.74) is 1.03. The molecule has 0 aromatic carbocycles. The number of nitrogens with one attached hydrogen (secondary N) is 1. The third-order valence-corrected chi connectivity index (χ3v) is 4.41. The number of rotatable bonds is 3. The Bertz CT molecular complexity index is 661. The maximum absolute atomic E-state index is 12.9. The predicted octanol–water partition coefficient (Wildman–Crippen LogP) is 2.69. The van der Waals surface area contributed by atoms with Gasteiger partial charge < -0.3 is 10.0 Å². The number of carbonyl (C=O) groups excluding carboxylic acids is 1. The van der Waals surface area contributed by atoms with Gasteiger partial charge in [-0.15, -0.1) is 0 Å². The maximum atomic E-state index is 12.9. The summed E-state index contributed by atoms with van der Waals surface area (Å²) in [4.78, 5) is 28.1. The Morgan fingerprint density at radius 3 is 2.54 bits per heavy atom. The molecule has 2 amide bonds. The van der Waals surface area contributed by atoms with Crippen LogP contribution in [0.15, 0.2) is 18.3 Å². The first-order valence-corrected chi connectivity index (χ1v) is 7.57. The summed E-state index contributed by atoms with van der Waals surface area (Å²) >= 11 is 0. The Morgan fingerprint density at radius 1 is 1.29 bits per heavy atom. The van der Waals surface area contributed by atoms with Crippen LogP contribution in [0, 0.1) is 11.8 Å². The highest BCUT2D eigenvalue weighted by molar-refractivity contribution is 5.89. The number of carbonyl (C=O) groups is 2. The standard InChI is InChI=1S/C15H16F3N3O3/c16-15(17,18)11-7-21(6-10(11)13(22)23)14(24)20-12-5-9(3-4-19-12)8-1-2-8/h3-5,8,10-11H,1-2,6-7H2,(H,22,23)(H,19,20,24)/t10-,11-/m1/s1. The van der Waals surface area contributed by atoms with E-state index in [0.29, 0.717) is 5.92 Å². The highest BCUT2D eigenvalue weighted by Crippen LogP contribution is 2.40. The van der Waals surface area contributed by atoms with Crippen LogP contribution < -0.4 is 5.32 Å². The lowest BCUT2D eigenvalue weighted by atomic mass is 9.96. The molecule has 24 heavy (non-hydrogen) atoms. The molecule has 1 aromatic heterocycles. The van der Waals surface area contributed by atoms with Crippen LogP contribution in [-0.2, 0) is 4.79 Å². The first kappa shape index (κ1) is 16.5. The van der Waals surface area contributed by atoms with Crippen molar-refractivity contribution >= 4 is 17.8 Å². The van der Waals surface area contributed by atoms with E-state index in [1.807, 2.05) is 6.07 Å². The molecule has 2 aliphatic rings. The van der Waals surface area contributed by atoms with Gasteiger partial charge in [0.1, 0.15) is 5.82 Å². The van der Waals surface area contributed by atoms with Crippen LogP contribution in [0.25, 0.3) is 0 Å². The molecular weight excluding hydrogens is 327 g/mol. The second-order valence-corrected chi connectivity index (χ2v) is 6.18. The summed E-state index contributed by atoms with van der Waals surface area (Å²) < 4.78 is 38.8. The number of alkyl halides is 3. The average molecular weight is 343 g/mol. The van der Waals surface area contributed by atoms with Crippen molar-refractivity contribution in [3.63, 3.8) is 0 Å². The van der Waals surface area contributed by atoms with Crippen molar-refractivity contribution in [2.45, 2.75) is 24.9 Å². The molecule has 130 valence electrons. The molecule has 2 atom stereocenters. The van der Waals surface area contributed by atoms with E-state index >= 15 is 0 Å². The largest absolute Gasteiger partial charge is 0.481 e. The topological polar surface area (TPSA) is 82.5 Å². The van der Waals surface area contributed by atoms with Crippen molar-refractivity contribution in [1.82, 2.24) is 9.88 Å². The molecule has 0 spiro atoms. The number of urea groups is 1. The van der Waals surface area contributed by atoms with Crippen molar-refractivity contribution < 1.29 is 27.9 Å². The minimum atomic E-state index is -4.66. The number of hydrogen-bond donors (Lipinski definition) is 2. The summed E-state index contributed by atoms with van der Waals surface area (Å²) in [6.07, 6.45) is -0.998. The number of carboxylic acid groups (broad SMARTS) is 1. The van der Waals surface area contributed by atoms with E-state index in [-0.39, 0.29) is 5.82 Å². The molecule has 1 saturated heterocycles. The number of amides is 2. The zero-order chi connectivity index (χ0) is 17.5. The highest BCUT2D eigenvalue weighted by Gasteiger charge is 2.53.